The number of carbonyl (C=O) groups is 1. The van der Waals surface area contributed by atoms with Gasteiger partial charge in [0.1, 0.15) is 23.4 Å². The number of nitrogens with zero attached hydrogens (tertiary/aromatic N) is 1. The molecule has 1 saturated heterocycles. The molecule has 2 atom stereocenters. The molecule has 6 heteroatoms. The highest BCUT2D eigenvalue weighted by Crippen LogP contribution is 2.20. The minimum absolute atomic E-state index is 0.0706. The van der Waals surface area contributed by atoms with Crippen LogP contribution < -0.4 is 15.1 Å². The normalized spacial score (nSPS) is 18.0. The van der Waals surface area contributed by atoms with E-state index in [4.69, 9.17) is 13.9 Å². The van der Waals surface area contributed by atoms with E-state index >= 15 is 0 Å². The predicted octanol–water partition coefficient (Wildman–Crippen LogP) is 2.40. The molecule has 0 spiro atoms. The summed E-state index contributed by atoms with van der Waals surface area (Å²) in [5.74, 6) is 1.57. The summed E-state index contributed by atoms with van der Waals surface area (Å²) in [6, 6.07) is 12.3. The lowest BCUT2D eigenvalue weighted by molar-refractivity contribution is -0.137. The van der Waals surface area contributed by atoms with E-state index < -0.39 is 11.7 Å². The van der Waals surface area contributed by atoms with Crippen molar-refractivity contribution >= 4 is 5.91 Å². The molecule has 0 bridgehead atoms. The van der Waals surface area contributed by atoms with Crippen LogP contribution in [0.1, 0.15) is 19.1 Å². The number of likely N-dealkylation sites (tertiary alicyclic amines) is 1. The van der Waals surface area contributed by atoms with Crippen molar-refractivity contribution in [3.05, 3.63) is 58.6 Å². The van der Waals surface area contributed by atoms with E-state index in [1.807, 2.05) is 30.3 Å². The second-order valence-corrected chi connectivity index (χ2v) is 6.11. The fourth-order valence-corrected chi connectivity index (χ4v) is 2.87. The first-order valence-corrected chi connectivity index (χ1v) is 8.30. The lowest BCUT2D eigenvalue weighted by atomic mass is 10.3. The third-order valence-electron chi connectivity index (χ3n) is 4.03. The highest BCUT2D eigenvalue weighted by molar-refractivity contribution is 5.81. The van der Waals surface area contributed by atoms with Crippen molar-refractivity contribution in [3.8, 4) is 11.5 Å². The molecular weight excluding hydrogens is 322 g/mol. The number of aryl methyl sites for hydroxylation is 1. The van der Waals surface area contributed by atoms with Crippen LogP contribution in [0.25, 0.3) is 0 Å². The maximum atomic E-state index is 12.5. The first-order chi connectivity index (χ1) is 12.0. The molecule has 3 rings (SSSR count). The second-order valence-electron chi connectivity index (χ2n) is 6.11. The average molecular weight is 343 g/mol. The summed E-state index contributed by atoms with van der Waals surface area (Å²) in [6.45, 7) is 4.52. The number of amides is 1. The molecular formula is C19H21NO5. The van der Waals surface area contributed by atoms with Gasteiger partial charge in [0.25, 0.3) is 5.91 Å². The zero-order chi connectivity index (χ0) is 17.8. The molecule has 0 N–H and O–H groups in total. The van der Waals surface area contributed by atoms with Gasteiger partial charge in [0, 0.05) is 19.0 Å². The van der Waals surface area contributed by atoms with Crippen LogP contribution in [0.2, 0.25) is 0 Å². The summed E-state index contributed by atoms with van der Waals surface area (Å²) in [5.41, 5.74) is -0.439. The lowest BCUT2D eigenvalue weighted by Crippen LogP contribution is -2.40. The monoisotopic (exact) mass is 343 g/mol. The Balaban J connectivity index is 1.56. The van der Waals surface area contributed by atoms with Gasteiger partial charge in [-0.1, -0.05) is 18.2 Å². The Kier molecular flexibility index (Phi) is 5.07. The molecule has 6 nitrogen and oxygen atoms in total. The Morgan fingerprint density at radius 1 is 1.24 bits per heavy atom. The number of hydrogen-bond donors (Lipinski definition) is 0. The van der Waals surface area contributed by atoms with E-state index in [0.717, 1.165) is 0 Å². The Morgan fingerprint density at radius 2 is 2.00 bits per heavy atom. The van der Waals surface area contributed by atoms with Crippen molar-refractivity contribution in [2.24, 2.45) is 0 Å². The van der Waals surface area contributed by atoms with Crippen molar-refractivity contribution in [3.63, 3.8) is 0 Å². The van der Waals surface area contributed by atoms with Crippen LogP contribution in [0.5, 0.6) is 11.5 Å². The fraction of sp³-hybridized carbons (Fsp3) is 0.368. The molecule has 1 amide bonds. The lowest BCUT2D eigenvalue weighted by Gasteiger charge is -2.22. The second kappa shape index (κ2) is 7.42. The molecule has 1 aromatic carbocycles. The summed E-state index contributed by atoms with van der Waals surface area (Å²) >= 11 is 0. The van der Waals surface area contributed by atoms with E-state index in [0.29, 0.717) is 36.8 Å². The number of hydrogen-bond acceptors (Lipinski definition) is 5. The Labute approximate surface area is 146 Å². The van der Waals surface area contributed by atoms with E-state index in [2.05, 4.69) is 0 Å². The van der Waals surface area contributed by atoms with Gasteiger partial charge in [-0.25, -0.2) is 4.79 Å². The minimum atomic E-state index is -0.563. The van der Waals surface area contributed by atoms with Crippen LogP contribution in [0.3, 0.4) is 0 Å². The zero-order valence-electron chi connectivity index (χ0n) is 14.3. The fourth-order valence-electron chi connectivity index (χ4n) is 2.87. The highest BCUT2D eigenvalue weighted by atomic mass is 16.5. The minimum Gasteiger partial charge on any atom is -0.488 e. The van der Waals surface area contributed by atoms with Crippen LogP contribution in [0.4, 0.5) is 0 Å². The molecule has 132 valence electrons. The van der Waals surface area contributed by atoms with Gasteiger partial charge < -0.3 is 18.8 Å². The van der Waals surface area contributed by atoms with E-state index in [9.17, 15) is 9.59 Å². The quantitative estimate of drug-likeness (QED) is 0.834. The molecule has 25 heavy (non-hydrogen) atoms. The number of rotatable bonds is 5. The summed E-state index contributed by atoms with van der Waals surface area (Å²) in [6.07, 6.45) is 0.00420. The Morgan fingerprint density at radius 3 is 2.72 bits per heavy atom. The first-order valence-electron chi connectivity index (χ1n) is 8.30. The van der Waals surface area contributed by atoms with Gasteiger partial charge >= 0.3 is 5.63 Å². The number of benzene rings is 1. The maximum absolute atomic E-state index is 12.5. The molecule has 1 aliphatic rings. The topological polar surface area (TPSA) is 69.0 Å². The van der Waals surface area contributed by atoms with Crippen LogP contribution >= 0.6 is 0 Å². The third kappa shape index (κ3) is 4.41. The number of para-hydroxylation sites is 1. The molecule has 2 heterocycles. The zero-order valence-corrected chi connectivity index (χ0v) is 14.3. The molecule has 0 radical (unpaired) electrons. The van der Waals surface area contributed by atoms with Crippen molar-refractivity contribution < 1.29 is 18.7 Å². The van der Waals surface area contributed by atoms with Gasteiger partial charge in [-0.15, -0.1) is 0 Å². The smallest absolute Gasteiger partial charge is 0.339 e. The maximum Gasteiger partial charge on any atom is 0.339 e. The van der Waals surface area contributed by atoms with Gasteiger partial charge in [-0.2, -0.15) is 0 Å². The van der Waals surface area contributed by atoms with Crippen molar-refractivity contribution in [1.29, 1.82) is 0 Å². The highest BCUT2D eigenvalue weighted by Gasteiger charge is 2.31. The molecule has 1 fully saturated rings. The molecule has 2 unspecified atom stereocenters. The predicted molar refractivity (Wildman–Crippen MR) is 91.9 cm³/mol. The average Bonchev–Trinajstić information content (AvgIpc) is 3.02. The summed E-state index contributed by atoms with van der Waals surface area (Å²) < 4.78 is 16.4. The molecule has 0 aliphatic carbocycles. The van der Waals surface area contributed by atoms with E-state index in [1.165, 1.54) is 6.07 Å². The molecule has 1 aromatic heterocycles. The summed E-state index contributed by atoms with van der Waals surface area (Å²) in [4.78, 5) is 25.7. The van der Waals surface area contributed by atoms with Gasteiger partial charge in [0.2, 0.25) is 0 Å². The Hall–Kier alpha value is -2.76. The largest absolute Gasteiger partial charge is 0.488 e. The van der Waals surface area contributed by atoms with Gasteiger partial charge in [0.15, 0.2) is 6.10 Å². The summed E-state index contributed by atoms with van der Waals surface area (Å²) in [5, 5.41) is 0. The van der Waals surface area contributed by atoms with Crippen molar-refractivity contribution in [2.75, 3.05) is 13.1 Å². The number of carbonyl (C=O) groups excluding carboxylic acids is 1. The van der Waals surface area contributed by atoms with Crippen molar-refractivity contribution in [2.45, 2.75) is 32.5 Å². The molecule has 0 saturated carbocycles. The van der Waals surface area contributed by atoms with E-state index in [-0.39, 0.29) is 12.0 Å². The first kappa shape index (κ1) is 17.1. The SMILES string of the molecule is Cc1cc(OC2CCN(C(=O)C(C)Oc3ccccc3)C2)cc(=O)o1. The van der Waals surface area contributed by atoms with Crippen LogP contribution in [0.15, 0.2) is 51.7 Å². The van der Waals surface area contributed by atoms with Gasteiger partial charge in [-0.3, -0.25) is 4.79 Å². The standard InChI is InChI=1S/C19H21NO5/c1-13-10-17(11-18(21)23-13)25-16-8-9-20(12-16)19(22)14(2)24-15-6-4-3-5-7-15/h3-7,10-11,14,16H,8-9,12H2,1-2H3. The molecule has 2 aromatic rings. The van der Waals surface area contributed by atoms with E-state index in [1.54, 1.807) is 24.8 Å². The third-order valence-corrected chi connectivity index (χ3v) is 4.03. The van der Waals surface area contributed by atoms with Crippen LogP contribution in [0, 0.1) is 6.92 Å². The Bertz CT molecular complexity index is 786. The van der Waals surface area contributed by atoms with Crippen LogP contribution in [-0.4, -0.2) is 36.1 Å². The van der Waals surface area contributed by atoms with Gasteiger partial charge in [-0.05, 0) is 26.0 Å². The summed E-state index contributed by atoms with van der Waals surface area (Å²) in [7, 11) is 0. The van der Waals surface area contributed by atoms with Crippen LogP contribution in [-0.2, 0) is 4.79 Å². The van der Waals surface area contributed by atoms with Gasteiger partial charge in [0.05, 0.1) is 12.6 Å². The van der Waals surface area contributed by atoms with Crippen molar-refractivity contribution in [1.82, 2.24) is 4.90 Å². The molecule has 1 aliphatic heterocycles. The number of ether oxygens (including phenoxy) is 2.